The van der Waals surface area contributed by atoms with Gasteiger partial charge in [0.2, 0.25) is 0 Å². The van der Waals surface area contributed by atoms with E-state index in [1.165, 1.54) is 12.8 Å². The highest BCUT2D eigenvalue weighted by Gasteiger charge is 2.34. The average molecular weight is 246 g/mol. The molecule has 2 saturated heterocycles. The van der Waals surface area contributed by atoms with Crippen LogP contribution in [0.4, 0.5) is 0 Å². The fraction of sp³-hybridized carbons (Fsp3) is 0.500. The normalized spacial score (nSPS) is 26.2. The van der Waals surface area contributed by atoms with E-state index in [4.69, 9.17) is 4.74 Å². The van der Waals surface area contributed by atoms with Crippen LogP contribution in [0.5, 0.6) is 5.75 Å². The number of amides is 1. The summed E-state index contributed by atoms with van der Waals surface area (Å²) in [5.74, 6) is 0.853. The number of fused-ring (bicyclic) bond motifs is 2. The van der Waals surface area contributed by atoms with Crippen molar-refractivity contribution in [3.05, 3.63) is 29.8 Å². The Hall–Kier alpha value is -1.55. The number of carbonyl (C=O) groups excluding carboxylic acids is 1. The van der Waals surface area contributed by atoms with E-state index in [0.717, 1.165) is 24.4 Å². The molecule has 2 unspecified atom stereocenters. The number of rotatable bonds is 2. The number of piperazine rings is 1. The Morgan fingerprint density at radius 3 is 2.72 bits per heavy atom. The van der Waals surface area contributed by atoms with Crippen LogP contribution < -0.4 is 10.1 Å². The molecular formula is C14H18N2O2. The average Bonchev–Trinajstić information content (AvgIpc) is 2.76. The molecule has 2 atom stereocenters. The number of nitrogens with one attached hydrogen (secondary N) is 1. The molecule has 4 nitrogen and oxygen atoms in total. The lowest BCUT2D eigenvalue weighted by Gasteiger charge is -2.33. The molecule has 0 aromatic heterocycles. The van der Waals surface area contributed by atoms with E-state index in [0.29, 0.717) is 12.1 Å². The van der Waals surface area contributed by atoms with E-state index >= 15 is 0 Å². The number of nitrogens with zero attached hydrogens (tertiary/aromatic N) is 1. The van der Waals surface area contributed by atoms with Crippen LogP contribution in [0.15, 0.2) is 24.3 Å². The highest BCUT2D eigenvalue weighted by Crippen LogP contribution is 2.22. The van der Waals surface area contributed by atoms with Crippen molar-refractivity contribution in [2.45, 2.75) is 24.9 Å². The number of likely N-dealkylation sites (tertiary alicyclic amines) is 1. The SMILES string of the molecule is COc1cccc(C(=O)N2CC3CCC(C2)N3)c1. The number of hydrogen-bond acceptors (Lipinski definition) is 3. The van der Waals surface area contributed by atoms with Crippen LogP contribution in [0.1, 0.15) is 23.2 Å². The van der Waals surface area contributed by atoms with Gasteiger partial charge in [-0.3, -0.25) is 4.79 Å². The van der Waals surface area contributed by atoms with Crippen LogP contribution in [-0.2, 0) is 0 Å². The first kappa shape index (κ1) is 11.5. The monoisotopic (exact) mass is 246 g/mol. The molecule has 1 aromatic carbocycles. The Morgan fingerprint density at radius 1 is 1.33 bits per heavy atom. The number of benzene rings is 1. The summed E-state index contributed by atoms with van der Waals surface area (Å²) >= 11 is 0. The molecule has 0 radical (unpaired) electrons. The standard InChI is InChI=1S/C14H18N2O2/c1-18-13-4-2-3-10(7-13)14(17)16-8-11-5-6-12(9-16)15-11/h2-4,7,11-12,15H,5-6,8-9H2,1H3. The summed E-state index contributed by atoms with van der Waals surface area (Å²) in [6.45, 7) is 1.65. The van der Waals surface area contributed by atoms with Gasteiger partial charge in [-0.05, 0) is 31.0 Å². The Morgan fingerprint density at radius 2 is 2.06 bits per heavy atom. The molecular weight excluding hydrogens is 228 g/mol. The highest BCUT2D eigenvalue weighted by molar-refractivity contribution is 5.94. The van der Waals surface area contributed by atoms with Crippen molar-refractivity contribution in [2.24, 2.45) is 0 Å². The first-order chi connectivity index (χ1) is 8.76. The molecule has 2 fully saturated rings. The maximum absolute atomic E-state index is 12.4. The van der Waals surface area contributed by atoms with Crippen LogP contribution >= 0.6 is 0 Å². The molecule has 0 spiro atoms. The number of hydrogen-bond donors (Lipinski definition) is 1. The van der Waals surface area contributed by atoms with Gasteiger partial charge in [0.1, 0.15) is 5.75 Å². The van der Waals surface area contributed by atoms with Gasteiger partial charge in [-0.1, -0.05) is 6.07 Å². The molecule has 2 aliphatic rings. The van der Waals surface area contributed by atoms with Gasteiger partial charge in [0, 0.05) is 30.7 Å². The summed E-state index contributed by atoms with van der Waals surface area (Å²) in [5.41, 5.74) is 0.718. The third kappa shape index (κ3) is 2.08. The van der Waals surface area contributed by atoms with Gasteiger partial charge in [-0.2, -0.15) is 0 Å². The highest BCUT2D eigenvalue weighted by atomic mass is 16.5. The lowest BCUT2D eigenvalue weighted by Crippen LogP contribution is -2.53. The Bertz CT molecular complexity index is 449. The van der Waals surface area contributed by atoms with E-state index in [1.54, 1.807) is 7.11 Å². The van der Waals surface area contributed by atoms with E-state index < -0.39 is 0 Å². The molecule has 96 valence electrons. The third-order valence-corrected chi connectivity index (χ3v) is 3.82. The van der Waals surface area contributed by atoms with E-state index in [2.05, 4.69) is 5.32 Å². The second-order valence-electron chi connectivity index (χ2n) is 5.08. The van der Waals surface area contributed by atoms with Gasteiger partial charge in [0.05, 0.1) is 7.11 Å². The molecule has 0 aliphatic carbocycles. The van der Waals surface area contributed by atoms with Crippen molar-refractivity contribution in [1.29, 1.82) is 0 Å². The molecule has 2 bridgehead atoms. The van der Waals surface area contributed by atoms with Crippen molar-refractivity contribution < 1.29 is 9.53 Å². The van der Waals surface area contributed by atoms with Gasteiger partial charge in [0.15, 0.2) is 0 Å². The number of carbonyl (C=O) groups is 1. The Labute approximate surface area is 107 Å². The maximum Gasteiger partial charge on any atom is 0.254 e. The molecule has 1 N–H and O–H groups in total. The lowest BCUT2D eigenvalue weighted by molar-refractivity contribution is 0.0697. The minimum absolute atomic E-state index is 0.118. The molecule has 2 aliphatic heterocycles. The van der Waals surface area contributed by atoms with Gasteiger partial charge in [-0.25, -0.2) is 0 Å². The van der Waals surface area contributed by atoms with E-state index in [1.807, 2.05) is 29.2 Å². The van der Waals surface area contributed by atoms with E-state index in [9.17, 15) is 4.79 Å². The summed E-state index contributed by atoms with van der Waals surface area (Å²) in [5, 5.41) is 3.53. The topological polar surface area (TPSA) is 41.6 Å². The summed E-state index contributed by atoms with van der Waals surface area (Å²) in [7, 11) is 1.62. The quantitative estimate of drug-likeness (QED) is 0.854. The van der Waals surface area contributed by atoms with Crippen LogP contribution in [0.2, 0.25) is 0 Å². The predicted octanol–water partition coefficient (Wildman–Crippen LogP) is 1.27. The number of methoxy groups -OCH3 is 1. The zero-order valence-corrected chi connectivity index (χ0v) is 10.6. The fourth-order valence-corrected chi connectivity index (χ4v) is 2.90. The number of ether oxygens (including phenoxy) is 1. The third-order valence-electron chi connectivity index (χ3n) is 3.82. The van der Waals surface area contributed by atoms with E-state index in [-0.39, 0.29) is 5.91 Å². The van der Waals surface area contributed by atoms with Gasteiger partial charge in [0.25, 0.3) is 5.91 Å². The van der Waals surface area contributed by atoms with Gasteiger partial charge in [-0.15, -0.1) is 0 Å². The zero-order chi connectivity index (χ0) is 12.5. The predicted molar refractivity (Wildman–Crippen MR) is 68.8 cm³/mol. The lowest BCUT2D eigenvalue weighted by atomic mass is 10.1. The molecule has 2 heterocycles. The minimum Gasteiger partial charge on any atom is -0.497 e. The maximum atomic E-state index is 12.4. The molecule has 4 heteroatoms. The van der Waals surface area contributed by atoms with Crippen LogP contribution in [0, 0.1) is 0 Å². The van der Waals surface area contributed by atoms with Crippen LogP contribution in [0.3, 0.4) is 0 Å². The van der Waals surface area contributed by atoms with Crippen LogP contribution in [0.25, 0.3) is 0 Å². The zero-order valence-electron chi connectivity index (χ0n) is 10.6. The molecule has 1 amide bonds. The first-order valence-electron chi connectivity index (χ1n) is 6.45. The van der Waals surface area contributed by atoms with Crippen molar-refractivity contribution in [2.75, 3.05) is 20.2 Å². The summed E-state index contributed by atoms with van der Waals surface area (Å²) in [4.78, 5) is 14.4. The first-order valence-corrected chi connectivity index (χ1v) is 6.45. The molecule has 1 aromatic rings. The van der Waals surface area contributed by atoms with Gasteiger partial charge < -0.3 is 15.0 Å². The molecule has 0 saturated carbocycles. The van der Waals surface area contributed by atoms with Crippen LogP contribution in [-0.4, -0.2) is 43.1 Å². The minimum atomic E-state index is 0.118. The summed E-state index contributed by atoms with van der Waals surface area (Å²) in [6, 6.07) is 8.36. The molecule has 18 heavy (non-hydrogen) atoms. The molecule has 3 rings (SSSR count). The Kier molecular flexibility index (Phi) is 2.96. The second kappa shape index (κ2) is 4.61. The fourth-order valence-electron chi connectivity index (χ4n) is 2.90. The summed E-state index contributed by atoms with van der Waals surface area (Å²) in [6.07, 6.45) is 2.37. The van der Waals surface area contributed by atoms with Crippen molar-refractivity contribution in [3.8, 4) is 5.75 Å². The second-order valence-corrected chi connectivity index (χ2v) is 5.08. The van der Waals surface area contributed by atoms with Crippen molar-refractivity contribution in [3.63, 3.8) is 0 Å². The van der Waals surface area contributed by atoms with Crippen molar-refractivity contribution in [1.82, 2.24) is 10.2 Å². The summed E-state index contributed by atoms with van der Waals surface area (Å²) < 4.78 is 5.16. The van der Waals surface area contributed by atoms with Crippen molar-refractivity contribution >= 4 is 5.91 Å². The smallest absolute Gasteiger partial charge is 0.254 e. The largest absolute Gasteiger partial charge is 0.497 e. The Balaban J connectivity index is 1.77. The van der Waals surface area contributed by atoms with Gasteiger partial charge >= 0.3 is 0 Å².